The van der Waals surface area contributed by atoms with E-state index in [0.717, 1.165) is 31.4 Å². The van der Waals surface area contributed by atoms with Gasteiger partial charge in [0.25, 0.3) is 0 Å². The SMILES string of the molecule is CN(CCCNC(=O)N1CCC(C(O)c2ccccc2)CC1)c1ccccc1. The van der Waals surface area contributed by atoms with Gasteiger partial charge in [0.1, 0.15) is 0 Å². The third kappa shape index (κ3) is 5.49. The molecular weight excluding hydrogens is 350 g/mol. The normalized spacial score (nSPS) is 15.9. The maximum absolute atomic E-state index is 12.4. The molecule has 2 aromatic rings. The average molecular weight is 382 g/mol. The fraction of sp³-hybridized carbons (Fsp3) is 0.435. The lowest BCUT2D eigenvalue weighted by Gasteiger charge is -2.34. The number of nitrogens with one attached hydrogen (secondary N) is 1. The van der Waals surface area contributed by atoms with Gasteiger partial charge < -0.3 is 20.2 Å². The highest BCUT2D eigenvalue weighted by atomic mass is 16.3. The van der Waals surface area contributed by atoms with Gasteiger partial charge in [0.2, 0.25) is 0 Å². The van der Waals surface area contributed by atoms with Crippen LogP contribution in [0, 0.1) is 5.92 Å². The molecule has 0 radical (unpaired) electrons. The van der Waals surface area contributed by atoms with Crippen molar-refractivity contribution in [3.63, 3.8) is 0 Å². The molecule has 1 fully saturated rings. The molecule has 1 unspecified atom stereocenters. The van der Waals surface area contributed by atoms with Crippen LogP contribution < -0.4 is 10.2 Å². The zero-order chi connectivity index (χ0) is 19.8. The quantitative estimate of drug-likeness (QED) is 0.720. The molecule has 0 saturated carbocycles. The molecule has 28 heavy (non-hydrogen) atoms. The number of urea groups is 1. The Kier molecular flexibility index (Phi) is 7.31. The number of anilines is 1. The number of likely N-dealkylation sites (tertiary alicyclic amines) is 1. The highest BCUT2D eigenvalue weighted by Gasteiger charge is 2.28. The van der Waals surface area contributed by atoms with Crippen molar-refractivity contribution in [3.8, 4) is 0 Å². The summed E-state index contributed by atoms with van der Waals surface area (Å²) in [4.78, 5) is 16.5. The van der Waals surface area contributed by atoms with Crippen LogP contribution in [-0.4, -0.2) is 49.3 Å². The molecule has 2 N–H and O–H groups in total. The molecule has 2 aromatic carbocycles. The van der Waals surface area contributed by atoms with Crippen LogP contribution in [0.15, 0.2) is 60.7 Å². The molecule has 1 aliphatic heterocycles. The van der Waals surface area contributed by atoms with Gasteiger partial charge in [0.05, 0.1) is 6.10 Å². The summed E-state index contributed by atoms with van der Waals surface area (Å²) in [6.45, 7) is 2.97. The summed E-state index contributed by atoms with van der Waals surface area (Å²) < 4.78 is 0. The molecule has 2 amide bonds. The molecule has 1 saturated heterocycles. The number of carbonyl (C=O) groups excluding carboxylic acids is 1. The fourth-order valence-electron chi connectivity index (χ4n) is 3.78. The average Bonchev–Trinajstić information content (AvgIpc) is 2.77. The van der Waals surface area contributed by atoms with Gasteiger partial charge in [0, 0.05) is 38.9 Å². The number of aliphatic hydroxyl groups excluding tert-OH is 1. The zero-order valence-electron chi connectivity index (χ0n) is 16.6. The van der Waals surface area contributed by atoms with Crippen molar-refractivity contribution in [2.45, 2.75) is 25.4 Å². The summed E-state index contributed by atoms with van der Waals surface area (Å²) in [6.07, 6.45) is 2.13. The number of hydrogen-bond acceptors (Lipinski definition) is 3. The second-order valence-electron chi connectivity index (χ2n) is 7.52. The number of amides is 2. The molecular formula is C23H31N3O2. The van der Waals surface area contributed by atoms with Crippen LogP contribution in [0.25, 0.3) is 0 Å². The van der Waals surface area contributed by atoms with Crippen molar-refractivity contribution in [3.05, 3.63) is 66.2 Å². The Morgan fingerprint density at radius 1 is 1.11 bits per heavy atom. The third-order valence-corrected chi connectivity index (χ3v) is 5.56. The van der Waals surface area contributed by atoms with Gasteiger partial charge >= 0.3 is 6.03 Å². The van der Waals surface area contributed by atoms with E-state index in [1.807, 2.05) is 53.4 Å². The summed E-state index contributed by atoms with van der Waals surface area (Å²) >= 11 is 0. The number of nitrogens with zero attached hydrogens (tertiary/aromatic N) is 2. The maximum Gasteiger partial charge on any atom is 0.317 e. The molecule has 1 atom stereocenters. The van der Waals surface area contributed by atoms with Gasteiger partial charge in [-0.3, -0.25) is 0 Å². The number of carbonyl (C=O) groups is 1. The molecule has 150 valence electrons. The van der Waals surface area contributed by atoms with Crippen LogP contribution in [0.3, 0.4) is 0 Å². The number of piperidine rings is 1. The minimum absolute atomic E-state index is 0.00927. The van der Waals surface area contributed by atoms with Gasteiger partial charge in [-0.2, -0.15) is 0 Å². The van der Waals surface area contributed by atoms with Crippen molar-refractivity contribution in [1.29, 1.82) is 0 Å². The first-order valence-corrected chi connectivity index (χ1v) is 10.2. The van der Waals surface area contributed by atoms with E-state index < -0.39 is 6.10 Å². The van der Waals surface area contributed by atoms with Gasteiger partial charge in [-0.1, -0.05) is 48.5 Å². The Morgan fingerprint density at radius 3 is 2.36 bits per heavy atom. The van der Waals surface area contributed by atoms with Crippen LogP contribution in [0.1, 0.15) is 30.9 Å². The number of rotatable bonds is 7. The molecule has 0 aromatic heterocycles. The van der Waals surface area contributed by atoms with Crippen molar-refractivity contribution >= 4 is 11.7 Å². The second-order valence-corrected chi connectivity index (χ2v) is 7.52. The summed E-state index contributed by atoms with van der Waals surface area (Å²) in [5.41, 5.74) is 2.15. The van der Waals surface area contributed by atoms with Crippen molar-refractivity contribution in [1.82, 2.24) is 10.2 Å². The molecule has 0 aliphatic carbocycles. The molecule has 3 rings (SSSR count). The van der Waals surface area contributed by atoms with Gasteiger partial charge in [-0.15, -0.1) is 0 Å². The van der Waals surface area contributed by atoms with E-state index in [9.17, 15) is 9.90 Å². The van der Waals surface area contributed by atoms with Crippen LogP contribution in [0.4, 0.5) is 10.5 Å². The van der Waals surface area contributed by atoms with Crippen LogP contribution >= 0.6 is 0 Å². The lowest BCUT2D eigenvalue weighted by atomic mass is 9.87. The van der Waals surface area contributed by atoms with Gasteiger partial charge in [-0.25, -0.2) is 4.79 Å². The van der Waals surface area contributed by atoms with E-state index in [1.165, 1.54) is 5.69 Å². The molecule has 5 heteroatoms. The van der Waals surface area contributed by atoms with Crippen LogP contribution in [-0.2, 0) is 0 Å². The number of benzene rings is 2. The Morgan fingerprint density at radius 2 is 1.71 bits per heavy atom. The predicted molar refractivity (Wildman–Crippen MR) is 113 cm³/mol. The van der Waals surface area contributed by atoms with E-state index >= 15 is 0 Å². The number of hydrogen-bond donors (Lipinski definition) is 2. The fourth-order valence-corrected chi connectivity index (χ4v) is 3.78. The lowest BCUT2D eigenvalue weighted by Crippen LogP contribution is -2.45. The van der Waals surface area contributed by atoms with Crippen molar-refractivity contribution in [2.75, 3.05) is 38.1 Å². The Bertz CT molecular complexity index is 715. The second kappa shape index (κ2) is 10.1. The topological polar surface area (TPSA) is 55.8 Å². The minimum Gasteiger partial charge on any atom is -0.388 e. The predicted octanol–water partition coefficient (Wildman–Crippen LogP) is 3.67. The van der Waals surface area contributed by atoms with E-state index in [1.54, 1.807) is 0 Å². The lowest BCUT2D eigenvalue weighted by molar-refractivity contribution is 0.0665. The number of para-hydroxylation sites is 1. The van der Waals surface area contributed by atoms with Gasteiger partial charge in [-0.05, 0) is 42.9 Å². The number of aliphatic hydroxyl groups is 1. The Balaban J connectivity index is 1.35. The van der Waals surface area contributed by atoms with Crippen molar-refractivity contribution in [2.24, 2.45) is 5.92 Å². The highest BCUT2D eigenvalue weighted by Crippen LogP contribution is 2.30. The van der Waals surface area contributed by atoms with Crippen LogP contribution in [0.2, 0.25) is 0 Å². The maximum atomic E-state index is 12.4. The van der Waals surface area contributed by atoms with Crippen LogP contribution in [0.5, 0.6) is 0 Å². The molecule has 1 heterocycles. The Hall–Kier alpha value is -2.53. The van der Waals surface area contributed by atoms with E-state index in [4.69, 9.17) is 0 Å². The first-order valence-electron chi connectivity index (χ1n) is 10.2. The molecule has 5 nitrogen and oxygen atoms in total. The molecule has 1 aliphatic rings. The third-order valence-electron chi connectivity index (χ3n) is 5.56. The summed E-state index contributed by atoms with van der Waals surface area (Å²) in [5.74, 6) is 0.214. The van der Waals surface area contributed by atoms with Gasteiger partial charge in [0.15, 0.2) is 0 Å². The van der Waals surface area contributed by atoms with E-state index in [-0.39, 0.29) is 11.9 Å². The molecule has 0 bridgehead atoms. The monoisotopic (exact) mass is 381 g/mol. The smallest absolute Gasteiger partial charge is 0.317 e. The first-order chi connectivity index (χ1) is 13.6. The minimum atomic E-state index is -0.445. The summed E-state index contributed by atoms with van der Waals surface area (Å²) in [7, 11) is 2.07. The van der Waals surface area contributed by atoms with E-state index in [0.29, 0.717) is 19.6 Å². The standard InChI is InChI=1S/C23H31N3O2/c1-25(21-11-6-3-7-12-21)16-8-15-24-23(28)26-17-13-20(14-18-26)22(27)19-9-4-2-5-10-19/h2-7,9-12,20,22,27H,8,13-18H2,1H3,(H,24,28). The Labute approximate surface area is 168 Å². The first kappa shape index (κ1) is 20.2. The summed E-state index contributed by atoms with van der Waals surface area (Å²) in [5, 5.41) is 13.6. The van der Waals surface area contributed by atoms with Crippen molar-refractivity contribution < 1.29 is 9.90 Å². The zero-order valence-corrected chi connectivity index (χ0v) is 16.6. The van der Waals surface area contributed by atoms with E-state index in [2.05, 4.69) is 29.4 Å². The highest BCUT2D eigenvalue weighted by molar-refractivity contribution is 5.74. The molecule has 0 spiro atoms. The summed E-state index contributed by atoms with van der Waals surface area (Å²) in [6, 6.07) is 20.1. The largest absolute Gasteiger partial charge is 0.388 e.